The largest absolute Gasteiger partial charge is 0.493 e. The summed E-state index contributed by atoms with van der Waals surface area (Å²) < 4.78 is 46.5. The number of likely N-dealkylation sites (N-methyl/N-ethyl adjacent to an activating group) is 1. The summed E-state index contributed by atoms with van der Waals surface area (Å²) in [6.45, 7) is 0.719. The van der Waals surface area contributed by atoms with Crippen molar-refractivity contribution in [2.45, 2.75) is 11.8 Å². The van der Waals surface area contributed by atoms with Crippen molar-refractivity contribution >= 4 is 21.8 Å². The Hall–Kier alpha value is -3.11. The number of carbonyl (C=O) groups is 2. The second-order valence-corrected chi connectivity index (χ2v) is 8.62. The summed E-state index contributed by atoms with van der Waals surface area (Å²) in [5, 5.41) is 0. The first kappa shape index (κ1) is 24.2. The van der Waals surface area contributed by atoms with Crippen LogP contribution >= 0.6 is 0 Å². The van der Waals surface area contributed by atoms with E-state index in [4.69, 9.17) is 18.9 Å². The summed E-state index contributed by atoms with van der Waals surface area (Å²) in [4.78, 5) is 24.6. The molecule has 0 aliphatic carbocycles. The van der Waals surface area contributed by atoms with Crippen LogP contribution in [0, 0.1) is 6.92 Å². The average molecular weight is 451 g/mol. The number of aryl methyl sites for hydroxylation is 1. The molecule has 0 amide bonds. The molecular formula is C21H25NO8S. The van der Waals surface area contributed by atoms with E-state index in [1.54, 1.807) is 12.1 Å². The highest BCUT2D eigenvalue weighted by Crippen LogP contribution is 2.38. The Morgan fingerprint density at radius 1 is 0.935 bits per heavy atom. The SMILES string of the molecule is COc1cc(C(=O)COC(=O)CN(C)S(=O)(=O)c2ccc(C)cc2)cc(OC)c1OC. The third-order valence-electron chi connectivity index (χ3n) is 4.43. The van der Waals surface area contributed by atoms with Crippen molar-refractivity contribution in [3.8, 4) is 17.2 Å². The second-order valence-electron chi connectivity index (χ2n) is 6.57. The normalized spacial score (nSPS) is 11.2. The number of nitrogens with zero attached hydrogens (tertiary/aromatic N) is 1. The molecule has 0 heterocycles. The molecule has 31 heavy (non-hydrogen) atoms. The first-order chi connectivity index (χ1) is 14.6. The van der Waals surface area contributed by atoms with Crippen molar-refractivity contribution in [1.82, 2.24) is 4.31 Å². The Kier molecular flexibility index (Phi) is 8.01. The summed E-state index contributed by atoms with van der Waals surface area (Å²) in [5.41, 5.74) is 1.09. The van der Waals surface area contributed by atoms with Crippen molar-refractivity contribution in [2.24, 2.45) is 0 Å². The van der Waals surface area contributed by atoms with Gasteiger partial charge in [-0.05, 0) is 31.2 Å². The van der Waals surface area contributed by atoms with Crippen LogP contribution in [0.1, 0.15) is 15.9 Å². The second kappa shape index (κ2) is 10.3. The molecule has 0 spiro atoms. The van der Waals surface area contributed by atoms with Crippen LogP contribution in [0.15, 0.2) is 41.3 Å². The number of esters is 1. The third kappa shape index (κ3) is 5.74. The molecule has 0 radical (unpaired) electrons. The third-order valence-corrected chi connectivity index (χ3v) is 6.25. The van der Waals surface area contributed by atoms with Crippen molar-refractivity contribution < 1.29 is 37.0 Å². The highest BCUT2D eigenvalue weighted by atomic mass is 32.2. The molecule has 0 fully saturated rings. The molecule has 2 aromatic carbocycles. The van der Waals surface area contributed by atoms with Crippen LogP contribution in [-0.4, -0.2) is 66.0 Å². The molecule has 2 rings (SSSR count). The van der Waals surface area contributed by atoms with Crippen molar-refractivity contribution in [1.29, 1.82) is 0 Å². The van der Waals surface area contributed by atoms with Crippen LogP contribution in [0.5, 0.6) is 17.2 Å². The molecule has 0 N–H and O–H groups in total. The monoisotopic (exact) mass is 451 g/mol. The lowest BCUT2D eigenvalue weighted by Gasteiger charge is -2.17. The minimum Gasteiger partial charge on any atom is -0.493 e. The topological polar surface area (TPSA) is 108 Å². The van der Waals surface area contributed by atoms with Crippen LogP contribution in [0.25, 0.3) is 0 Å². The number of Topliss-reactive ketones (excluding diaryl/α,β-unsaturated/α-hetero) is 1. The van der Waals surface area contributed by atoms with Gasteiger partial charge in [-0.2, -0.15) is 4.31 Å². The number of hydrogen-bond donors (Lipinski definition) is 0. The smallest absolute Gasteiger partial charge is 0.321 e. The van der Waals surface area contributed by atoms with Gasteiger partial charge in [0.15, 0.2) is 18.1 Å². The zero-order valence-electron chi connectivity index (χ0n) is 18.0. The van der Waals surface area contributed by atoms with Crippen molar-refractivity contribution in [2.75, 3.05) is 41.5 Å². The first-order valence-electron chi connectivity index (χ1n) is 9.15. The number of methoxy groups -OCH3 is 3. The number of ether oxygens (including phenoxy) is 4. The maximum Gasteiger partial charge on any atom is 0.321 e. The van der Waals surface area contributed by atoms with Gasteiger partial charge in [0.1, 0.15) is 6.54 Å². The molecule has 0 aliphatic rings. The van der Waals surface area contributed by atoms with Crippen LogP contribution in [0.4, 0.5) is 0 Å². The molecule has 10 heteroatoms. The highest BCUT2D eigenvalue weighted by Gasteiger charge is 2.24. The predicted molar refractivity (Wildman–Crippen MR) is 112 cm³/mol. The molecule has 0 aliphatic heterocycles. The van der Waals surface area contributed by atoms with Gasteiger partial charge in [0.25, 0.3) is 0 Å². The summed E-state index contributed by atoms with van der Waals surface area (Å²) in [5.74, 6) is -0.502. The van der Waals surface area contributed by atoms with E-state index < -0.39 is 34.9 Å². The number of rotatable bonds is 10. The van der Waals surface area contributed by atoms with Crippen LogP contribution < -0.4 is 14.2 Å². The predicted octanol–water partition coefficient (Wildman–Crippen LogP) is 2.07. The van der Waals surface area contributed by atoms with E-state index in [0.717, 1.165) is 9.87 Å². The fourth-order valence-electron chi connectivity index (χ4n) is 2.67. The molecule has 0 atom stereocenters. The fraction of sp³-hybridized carbons (Fsp3) is 0.333. The molecule has 0 saturated heterocycles. The first-order valence-corrected chi connectivity index (χ1v) is 10.6. The molecule has 9 nitrogen and oxygen atoms in total. The number of carbonyl (C=O) groups excluding carboxylic acids is 2. The number of hydrogen-bond acceptors (Lipinski definition) is 8. The van der Waals surface area contributed by atoms with Crippen LogP contribution in [-0.2, 0) is 19.6 Å². The van der Waals surface area contributed by atoms with E-state index in [9.17, 15) is 18.0 Å². The van der Waals surface area contributed by atoms with Crippen LogP contribution in [0.3, 0.4) is 0 Å². The van der Waals surface area contributed by atoms with Gasteiger partial charge in [-0.3, -0.25) is 9.59 Å². The lowest BCUT2D eigenvalue weighted by Crippen LogP contribution is -2.33. The molecule has 0 saturated carbocycles. The Balaban J connectivity index is 2.04. The fourth-order valence-corrected chi connectivity index (χ4v) is 3.79. The van der Waals surface area contributed by atoms with Crippen molar-refractivity contribution in [3.63, 3.8) is 0 Å². The van der Waals surface area contributed by atoms with Gasteiger partial charge >= 0.3 is 5.97 Å². The summed E-state index contributed by atoms with van der Waals surface area (Å²) in [7, 11) is 1.66. The molecule has 0 unspecified atom stereocenters. The number of sulfonamides is 1. The zero-order valence-corrected chi connectivity index (χ0v) is 18.8. The van der Waals surface area contributed by atoms with E-state index in [1.807, 2.05) is 6.92 Å². The van der Waals surface area contributed by atoms with E-state index in [1.165, 1.54) is 52.6 Å². The highest BCUT2D eigenvalue weighted by molar-refractivity contribution is 7.89. The molecule has 0 aromatic heterocycles. The Labute approximate surface area is 181 Å². The molecular weight excluding hydrogens is 426 g/mol. The van der Waals surface area contributed by atoms with E-state index in [2.05, 4.69) is 0 Å². The van der Waals surface area contributed by atoms with E-state index >= 15 is 0 Å². The minimum absolute atomic E-state index is 0.0573. The average Bonchev–Trinajstić information content (AvgIpc) is 2.76. The van der Waals surface area contributed by atoms with Gasteiger partial charge in [-0.15, -0.1) is 0 Å². The Bertz CT molecular complexity index is 1020. The minimum atomic E-state index is -3.87. The maximum atomic E-state index is 12.6. The van der Waals surface area contributed by atoms with Crippen LogP contribution in [0.2, 0.25) is 0 Å². The van der Waals surface area contributed by atoms with Gasteiger partial charge in [0, 0.05) is 12.6 Å². The van der Waals surface area contributed by atoms with E-state index in [-0.39, 0.29) is 22.0 Å². The summed E-state index contributed by atoms with van der Waals surface area (Å²) in [6.07, 6.45) is 0. The van der Waals surface area contributed by atoms with Gasteiger partial charge in [-0.1, -0.05) is 17.7 Å². The molecule has 2 aromatic rings. The van der Waals surface area contributed by atoms with Gasteiger partial charge in [0.05, 0.1) is 26.2 Å². The Morgan fingerprint density at radius 2 is 1.48 bits per heavy atom. The summed E-state index contributed by atoms with van der Waals surface area (Å²) >= 11 is 0. The van der Waals surface area contributed by atoms with E-state index in [0.29, 0.717) is 5.75 Å². The number of ketones is 1. The molecule has 0 bridgehead atoms. The summed E-state index contributed by atoms with van der Waals surface area (Å²) in [6, 6.07) is 9.11. The van der Waals surface area contributed by atoms with Crippen molar-refractivity contribution in [3.05, 3.63) is 47.5 Å². The lowest BCUT2D eigenvalue weighted by atomic mass is 10.1. The van der Waals surface area contributed by atoms with Gasteiger partial charge in [-0.25, -0.2) is 8.42 Å². The standard InChI is InChI=1S/C21H25NO8S/c1-14-6-8-16(9-7-14)31(25,26)22(2)12-20(24)30-13-17(23)15-10-18(27-3)21(29-5)19(11-15)28-4/h6-11H,12-13H2,1-5H3. The Morgan fingerprint density at radius 3 is 1.97 bits per heavy atom. The molecule has 168 valence electrons. The zero-order chi connectivity index (χ0) is 23.2. The quantitative estimate of drug-likeness (QED) is 0.399. The lowest BCUT2D eigenvalue weighted by molar-refractivity contribution is -0.142. The van der Waals surface area contributed by atoms with Gasteiger partial charge in [0.2, 0.25) is 21.6 Å². The maximum absolute atomic E-state index is 12.6. The van der Waals surface area contributed by atoms with Gasteiger partial charge < -0.3 is 18.9 Å². The number of benzene rings is 2.